The maximum atomic E-state index is 11.7. The van der Waals surface area contributed by atoms with Gasteiger partial charge in [0.1, 0.15) is 0 Å². The fourth-order valence-electron chi connectivity index (χ4n) is 1.68. The Morgan fingerprint density at radius 2 is 1.47 bits per heavy atom. The molecule has 1 amide bonds. The van der Waals surface area contributed by atoms with E-state index in [1.54, 1.807) is 24.0 Å². The van der Waals surface area contributed by atoms with Crippen LogP contribution in [0.1, 0.15) is 6.92 Å². The molecule has 2 aromatic rings. The Morgan fingerprint density at radius 1 is 0.941 bits per heavy atom. The molecule has 0 N–H and O–H groups in total. The van der Waals surface area contributed by atoms with Gasteiger partial charge in [0.15, 0.2) is 0 Å². The maximum Gasteiger partial charge on any atom is 0.228 e. The fourth-order valence-corrected chi connectivity index (χ4v) is 1.81. The van der Waals surface area contributed by atoms with Gasteiger partial charge in [0.05, 0.1) is 0 Å². The zero-order chi connectivity index (χ0) is 12.3. The van der Waals surface area contributed by atoms with E-state index >= 15 is 0 Å². The topological polar surface area (TPSA) is 20.3 Å². The van der Waals surface area contributed by atoms with Gasteiger partial charge in [0.25, 0.3) is 0 Å². The number of para-hydroxylation sites is 1. The van der Waals surface area contributed by atoms with Crippen LogP contribution in [0.25, 0.3) is 0 Å². The molecule has 0 unspecified atom stereocenters. The van der Waals surface area contributed by atoms with Crippen LogP contribution < -0.4 is 4.90 Å². The Labute approximate surface area is 105 Å². The Balaban J connectivity index is 2.43. The second-order valence-corrected chi connectivity index (χ2v) is 4.10. The molecule has 2 aromatic carbocycles. The van der Waals surface area contributed by atoms with Crippen molar-refractivity contribution in [2.24, 2.45) is 0 Å². The van der Waals surface area contributed by atoms with E-state index in [2.05, 4.69) is 0 Å². The monoisotopic (exact) mass is 245 g/mol. The molecule has 0 heterocycles. The van der Waals surface area contributed by atoms with E-state index < -0.39 is 0 Å². The number of carbonyl (C=O) groups is 1. The van der Waals surface area contributed by atoms with Crippen molar-refractivity contribution in [3.63, 3.8) is 0 Å². The number of anilines is 2. The molecule has 0 spiro atoms. The molecule has 0 aliphatic carbocycles. The van der Waals surface area contributed by atoms with Crippen molar-refractivity contribution in [3.05, 3.63) is 59.6 Å². The molecular weight excluding hydrogens is 234 g/mol. The first-order valence-corrected chi connectivity index (χ1v) is 5.67. The highest BCUT2D eigenvalue weighted by Gasteiger charge is 2.12. The van der Waals surface area contributed by atoms with Crippen molar-refractivity contribution in [1.82, 2.24) is 0 Å². The number of hydrogen-bond acceptors (Lipinski definition) is 1. The van der Waals surface area contributed by atoms with Crippen molar-refractivity contribution < 1.29 is 4.79 Å². The summed E-state index contributed by atoms with van der Waals surface area (Å²) >= 11 is 5.84. The van der Waals surface area contributed by atoms with E-state index in [9.17, 15) is 4.79 Å². The first-order valence-electron chi connectivity index (χ1n) is 5.30. The number of hydrogen-bond donors (Lipinski definition) is 0. The smallest absolute Gasteiger partial charge is 0.228 e. The summed E-state index contributed by atoms with van der Waals surface area (Å²) in [6, 6.07) is 16.7. The molecule has 0 bridgehead atoms. The van der Waals surface area contributed by atoms with E-state index in [-0.39, 0.29) is 5.91 Å². The Hall–Kier alpha value is -1.80. The predicted molar refractivity (Wildman–Crippen MR) is 70.7 cm³/mol. The Kier molecular flexibility index (Phi) is 3.45. The number of carbonyl (C=O) groups excluding carboxylic acids is 1. The zero-order valence-corrected chi connectivity index (χ0v) is 10.2. The normalized spacial score (nSPS) is 10.0. The molecule has 0 aromatic heterocycles. The highest BCUT2D eigenvalue weighted by molar-refractivity contribution is 6.30. The van der Waals surface area contributed by atoms with Crippen LogP contribution in [0.4, 0.5) is 11.4 Å². The lowest BCUT2D eigenvalue weighted by Gasteiger charge is -2.21. The van der Waals surface area contributed by atoms with Crippen LogP contribution in [-0.4, -0.2) is 5.91 Å². The van der Waals surface area contributed by atoms with E-state index in [0.717, 1.165) is 11.4 Å². The number of amides is 1. The van der Waals surface area contributed by atoms with Crippen molar-refractivity contribution in [3.8, 4) is 0 Å². The predicted octanol–water partition coefficient (Wildman–Crippen LogP) is 4.02. The second-order valence-electron chi connectivity index (χ2n) is 3.67. The molecular formula is C14H12ClNO. The standard InChI is InChI=1S/C14H12ClNO/c1-11(17)16(13-5-3-2-4-6-13)14-9-7-12(15)8-10-14/h2-10H,1H3. The van der Waals surface area contributed by atoms with Crippen LogP contribution >= 0.6 is 11.6 Å². The van der Waals surface area contributed by atoms with Gasteiger partial charge in [-0.2, -0.15) is 0 Å². The summed E-state index contributed by atoms with van der Waals surface area (Å²) in [5.74, 6) is -0.0291. The van der Waals surface area contributed by atoms with Crippen LogP contribution in [0.2, 0.25) is 5.02 Å². The molecule has 0 atom stereocenters. The van der Waals surface area contributed by atoms with Gasteiger partial charge in [0.2, 0.25) is 5.91 Å². The lowest BCUT2D eigenvalue weighted by molar-refractivity contribution is -0.115. The average Bonchev–Trinajstić information content (AvgIpc) is 2.33. The van der Waals surface area contributed by atoms with E-state index in [1.165, 1.54) is 0 Å². The van der Waals surface area contributed by atoms with Gasteiger partial charge in [0, 0.05) is 23.3 Å². The first-order chi connectivity index (χ1) is 8.18. The highest BCUT2D eigenvalue weighted by Crippen LogP contribution is 2.26. The number of rotatable bonds is 2. The Morgan fingerprint density at radius 3 is 2.00 bits per heavy atom. The summed E-state index contributed by atoms with van der Waals surface area (Å²) in [5.41, 5.74) is 1.66. The minimum atomic E-state index is -0.0291. The quantitative estimate of drug-likeness (QED) is 0.782. The SMILES string of the molecule is CC(=O)N(c1ccccc1)c1ccc(Cl)cc1. The summed E-state index contributed by atoms with van der Waals surface area (Å²) in [6.45, 7) is 1.54. The minimum Gasteiger partial charge on any atom is -0.281 e. The van der Waals surface area contributed by atoms with Gasteiger partial charge >= 0.3 is 0 Å². The molecule has 0 fully saturated rings. The number of nitrogens with zero attached hydrogens (tertiary/aromatic N) is 1. The van der Waals surface area contributed by atoms with Crippen LogP contribution in [-0.2, 0) is 4.79 Å². The number of benzene rings is 2. The maximum absolute atomic E-state index is 11.7. The third-order valence-electron chi connectivity index (χ3n) is 2.41. The molecule has 0 saturated heterocycles. The van der Waals surface area contributed by atoms with Gasteiger partial charge in [-0.1, -0.05) is 29.8 Å². The second kappa shape index (κ2) is 5.02. The summed E-state index contributed by atoms with van der Waals surface area (Å²) in [7, 11) is 0. The lowest BCUT2D eigenvalue weighted by Crippen LogP contribution is -2.22. The number of halogens is 1. The van der Waals surface area contributed by atoms with Crippen molar-refractivity contribution >= 4 is 28.9 Å². The summed E-state index contributed by atoms with van der Waals surface area (Å²) in [5, 5.41) is 0.658. The van der Waals surface area contributed by atoms with Crippen LogP contribution in [0.3, 0.4) is 0 Å². The molecule has 86 valence electrons. The van der Waals surface area contributed by atoms with E-state index in [0.29, 0.717) is 5.02 Å². The average molecular weight is 246 g/mol. The molecule has 0 aliphatic rings. The van der Waals surface area contributed by atoms with Crippen LogP contribution in [0.15, 0.2) is 54.6 Å². The fraction of sp³-hybridized carbons (Fsp3) is 0.0714. The summed E-state index contributed by atoms with van der Waals surface area (Å²) < 4.78 is 0. The van der Waals surface area contributed by atoms with Gasteiger partial charge in [-0.3, -0.25) is 9.69 Å². The molecule has 2 rings (SSSR count). The lowest BCUT2D eigenvalue weighted by atomic mass is 10.2. The Bertz CT molecular complexity index is 508. The van der Waals surface area contributed by atoms with Gasteiger partial charge in [-0.05, 0) is 36.4 Å². The van der Waals surface area contributed by atoms with Crippen molar-refractivity contribution in [1.29, 1.82) is 0 Å². The highest BCUT2D eigenvalue weighted by atomic mass is 35.5. The van der Waals surface area contributed by atoms with E-state index in [4.69, 9.17) is 11.6 Å². The largest absolute Gasteiger partial charge is 0.281 e. The molecule has 0 radical (unpaired) electrons. The van der Waals surface area contributed by atoms with Gasteiger partial charge in [-0.25, -0.2) is 0 Å². The first kappa shape index (κ1) is 11.7. The molecule has 2 nitrogen and oxygen atoms in total. The van der Waals surface area contributed by atoms with Gasteiger partial charge in [-0.15, -0.1) is 0 Å². The van der Waals surface area contributed by atoms with Crippen LogP contribution in [0.5, 0.6) is 0 Å². The molecule has 3 heteroatoms. The van der Waals surface area contributed by atoms with E-state index in [1.807, 2.05) is 42.5 Å². The van der Waals surface area contributed by atoms with Crippen molar-refractivity contribution in [2.45, 2.75) is 6.92 Å². The molecule has 0 saturated carbocycles. The minimum absolute atomic E-state index is 0.0291. The van der Waals surface area contributed by atoms with Crippen molar-refractivity contribution in [2.75, 3.05) is 4.90 Å². The summed E-state index contributed by atoms with van der Waals surface area (Å²) in [6.07, 6.45) is 0. The molecule has 0 aliphatic heterocycles. The van der Waals surface area contributed by atoms with Gasteiger partial charge < -0.3 is 0 Å². The zero-order valence-electron chi connectivity index (χ0n) is 9.43. The third-order valence-corrected chi connectivity index (χ3v) is 2.67. The van der Waals surface area contributed by atoms with Crippen LogP contribution in [0, 0.1) is 0 Å². The summed E-state index contributed by atoms with van der Waals surface area (Å²) in [4.78, 5) is 13.4. The molecule has 17 heavy (non-hydrogen) atoms. The third kappa shape index (κ3) is 2.66.